The largest absolute Gasteiger partial charge is 0.350 e. The van der Waals surface area contributed by atoms with Crippen LogP contribution in [0.4, 0.5) is 0 Å². The van der Waals surface area contributed by atoms with Crippen LogP contribution in [0.25, 0.3) is 0 Å². The van der Waals surface area contributed by atoms with Gasteiger partial charge in [0.15, 0.2) is 0 Å². The zero-order chi connectivity index (χ0) is 17.8. The Morgan fingerprint density at radius 1 is 1.36 bits per heavy atom. The summed E-state index contributed by atoms with van der Waals surface area (Å²) >= 11 is 6.41. The number of hydrogen-bond acceptors (Lipinski definition) is 3. The van der Waals surface area contributed by atoms with E-state index in [2.05, 4.69) is 34.3 Å². The molecule has 0 radical (unpaired) electrons. The second kappa shape index (κ2) is 8.02. The second-order valence-corrected chi connectivity index (χ2v) is 6.85. The summed E-state index contributed by atoms with van der Waals surface area (Å²) in [5.74, 6) is 0.394. The molecular formula is C19H25ClN4O. The van der Waals surface area contributed by atoms with Crippen molar-refractivity contribution in [2.45, 2.75) is 38.6 Å². The van der Waals surface area contributed by atoms with Crippen molar-refractivity contribution >= 4 is 17.5 Å². The molecule has 0 saturated heterocycles. The van der Waals surface area contributed by atoms with Gasteiger partial charge in [-0.25, -0.2) is 0 Å². The molecule has 6 heteroatoms. The van der Waals surface area contributed by atoms with E-state index in [0.29, 0.717) is 18.0 Å². The first-order chi connectivity index (χ1) is 12.2. The van der Waals surface area contributed by atoms with Crippen molar-refractivity contribution in [2.24, 2.45) is 0 Å². The fourth-order valence-corrected chi connectivity index (χ4v) is 3.55. The summed E-state index contributed by atoms with van der Waals surface area (Å²) in [6.07, 6.45) is 3.89. The molecule has 1 fully saturated rings. The highest BCUT2D eigenvalue weighted by Crippen LogP contribution is 2.40. The third-order valence-electron chi connectivity index (χ3n) is 4.87. The molecule has 0 aliphatic heterocycles. The van der Waals surface area contributed by atoms with Crippen LogP contribution in [-0.2, 0) is 0 Å². The van der Waals surface area contributed by atoms with Crippen LogP contribution in [0.1, 0.15) is 60.3 Å². The van der Waals surface area contributed by atoms with Crippen LogP contribution in [0.5, 0.6) is 0 Å². The van der Waals surface area contributed by atoms with Gasteiger partial charge in [-0.15, -0.1) is 0 Å². The third kappa shape index (κ3) is 4.05. The minimum atomic E-state index is -0.0696. The maximum absolute atomic E-state index is 12.7. The number of amides is 1. The monoisotopic (exact) mass is 360 g/mol. The van der Waals surface area contributed by atoms with Crippen LogP contribution in [-0.4, -0.2) is 40.6 Å². The Morgan fingerprint density at radius 2 is 2.08 bits per heavy atom. The maximum Gasteiger partial charge on any atom is 0.254 e. The Labute approximate surface area is 153 Å². The number of carbonyl (C=O) groups is 1. The van der Waals surface area contributed by atoms with Crippen LogP contribution < -0.4 is 5.32 Å². The lowest BCUT2D eigenvalue weighted by Crippen LogP contribution is -2.38. The van der Waals surface area contributed by atoms with Crippen LogP contribution in [0.15, 0.2) is 30.5 Å². The van der Waals surface area contributed by atoms with Crippen LogP contribution in [0.3, 0.4) is 0 Å². The number of nitrogens with zero attached hydrogens (tertiary/aromatic N) is 2. The summed E-state index contributed by atoms with van der Waals surface area (Å²) in [6, 6.07) is 7.89. The smallest absolute Gasteiger partial charge is 0.254 e. The molecule has 134 valence electrons. The molecule has 3 rings (SSSR count). The molecule has 1 atom stereocenters. The highest BCUT2D eigenvalue weighted by molar-refractivity contribution is 6.31. The van der Waals surface area contributed by atoms with E-state index < -0.39 is 0 Å². The van der Waals surface area contributed by atoms with Gasteiger partial charge in [-0.05, 0) is 37.6 Å². The number of aromatic nitrogens is 2. The quantitative estimate of drug-likeness (QED) is 0.753. The summed E-state index contributed by atoms with van der Waals surface area (Å²) in [5.41, 5.74) is 2.68. The first kappa shape index (κ1) is 18.0. The van der Waals surface area contributed by atoms with Gasteiger partial charge in [-0.2, -0.15) is 5.10 Å². The van der Waals surface area contributed by atoms with Crippen LogP contribution in [0.2, 0.25) is 5.02 Å². The minimum Gasteiger partial charge on any atom is -0.350 e. The molecule has 1 aromatic heterocycles. The zero-order valence-corrected chi connectivity index (χ0v) is 15.5. The summed E-state index contributed by atoms with van der Waals surface area (Å²) in [4.78, 5) is 15.0. The van der Waals surface area contributed by atoms with Crippen molar-refractivity contribution in [1.29, 1.82) is 0 Å². The fourth-order valence-electron chi connectivity index (χ4n) is 3.29. The SMILES string of the molecule is CCN(CC)[C@@H](CNC(=O)c1cn[nH]c1C1CC1)c1ccccc1Cl. The van der Waals surface area contributed by atoms with Crippen LogP contribution in [0, 0.1) is 0 Å². The van der Waals surface area contributed by atoms with Gasteiger partial charge in [0, 0.05) is 17.5 Å². The summed E-state index contributed by atoms with van der Waals surface area (Å²) in [5, 5.41) is 10.8. The summed E-state index contributed by atoms with van der Waals surface area (Å²) < 4.78 is 0. The van der Waals surface area contributed by atoms with E-state index in [0.717, 1.165) is 42.2 Å². The zero-order valence-electron chi connectivity index (χ0n) is 14.8. The molecule has 1 aliphatic carbocycles. The van der Waals surface area contributed by atoms with E-state index in [4.69, 9.17) is 11.6 Å². The van der Waals surface area contributed by atoms with Gasteiger partial charge in [0.25, 0.3) is 5.91 Å². The molecule has 0 spiro atoms. The lowest BCUT2D eigenvalue weighted by Gasteiger charge is -2.30. The van der Waals surface area contributed by atoms with Gasteiger partial charge in [-0.1, -0.05) is 43.6 Å². The number of halogens is 1. The minimum absolute atomic E-state index is 0.0453. The van der Waals surface area contributed by atoms with Gasteiger partial charge >= 0.3 is 0 Å². The Kier molecular flexibility index (Phi) is 5.76. The van der Waals surface area contributed by atoms with Crippen LogP contribution >= 0.6 is 11.6 Å². The first-order valence-corrected chi connectivity index (χ1v) is 9.33. The number of carbonyl (C=O) groups excluding carboxylic acids is 1. The maximum atomic E-state index is 12.7. The normalized spacial score (nSPS) is 15.4. The van der Waals surface area contributed by atoms with E-state index in [1.54, 1.807) is 6.20 Å². The lowest BCUT2D eigenvalue weighted by atomic mass is 10.0. The topological polar surface area (TPSA) is 61.0 Å². The van der Waals surface area contributed by atoms with E-state index in [-0.39, 0.29) is 11.9 Å². The van der Waals surface area contributed by atoms with Gasteiger partial charge < -0.3 is 5.32 Å². The average Bonchev–Trinajstić information content (AvgIpc) is 3.35. The van der Waals surface area contributed by atoms with Gasteiger partial charge in [0.1, 0.15) is 0 Å². The molecule has 1 heterocycles. The number of hydrogen-bond donors (Lipinski definition) is 2. The molecule has 2 N–H and O–H groups in total. The van der Waals surface area contributed by atoms with Crippen molar-refractivity contribution in [2.75, 3.05) is 19.6 Å². The highest BCUT2D eigenvalue weighted by atomic mass is 35.5. The Balaban J connectivity index is 1.75. The predicted molar refractivity (Wildman–Crippen MR) is 100 cm³/mol. The number of benzene rings is 1. The number of H-pyrrole nitrogens is 1. The molecule has 5 nitrogen and oxygen atoms in total. The molecule has 1 aromatic carbocycles. The van der Waals surface area contributed by atoms with Crippen molar-refractivity contribution in [3.05, 3.63) is 52.3 Å². The first-order valence-electron chi connectivity index (χ1n) is 8.95. The van der Waals surface area contributed by atoms with Crippen molar-refractivity contribution < 1.29 is 4.79 Å². The van der Waals surface area contributed by atoms with Gasteiger partial charge in [-0.3, -0.25) is 14.8 Å². The third-order valence-corrected chi connectivity index (χ3v) is 5.22. The number of nitrogens with one attached hydrogen (secondary N) is 2. The molecule has 1 aliphatic rings. The average molecular weight is 361 g/mol. The molecule has 2 aromatic rings. The summed E-state index contributed by atoms with van der Waals surface area (Å²) in [6.45, 7) is 6.54. The van der Waals surface area contributed by atoms with Gasteiger partial charge in [0.2, 0.25) is 0 Å². The molecular weight excluding hydrogens is 336 g/mol. The standard InChI is InChI=1S/C19H25ClN4O/c1-3-24(4-2)17(14-7-5-6-8-16(14)20)12-21-19(25)15-11-22-23-18(15)13-9-10-13/h5-8,11,13,17H,3-4,9-10,12H2,1-2H3,(H,21,25)(H,22,23)/t17-/m0/s1. The molecule has 1 amide bonds. The fraction of sp³-hybridized carbons (Fsp3) is 0.474. The van der Waals surface area contributed by atoms with E-state index in [1.165, 1.54) is 0 Å². The number of rotatable bonds is 8. The number of likely N-dealkylation sites (N-methyl/N-ethyl adjacent to an activating group) is 1. The lowest BCUT2D eigenvalue weighted by molar-refractivity contribution is 0.0934. The molecule has 25 heavy (non-hydrogen) atoms. The number of aromatic amines is 1. The second-order valence-electron chi connectivity index (χ2n) is 6.44. The van der Waals surface area contributed by atoms with E-state index in [1.807, 2.05) is 24.3 Å². The predicted octanol–water partition coefficient (Wildman–Crippen LogP) is 3.75. The molecule has 0 unspecified atom stereocenters. The Hall–Kier alpha value is -1.85. The highest BCUT2D eigenvalue weighted by Gasteiger charge is 2.30. The Morgan fingerprint density at radius 3 is 2.72 bits per heavy atom. The molecule has 1 saturated carbocycles. The van der Waals surface area contributed by atoms with E-state index in [9.17, 15) is 4.79 Å². The van der Waals surface area contributed by atoms with Crippen molar-refractivity contribution in [3.63, 3.8) is 0 Å². The Bertz CT molecular complexity index is 722. The molecule has 0 bridgehead atoms. The van der Waals surface area contributed by atoms with Crippen molar-refractivity contribution in [3.8, 4) is 0 Å². The summed E-state index contributed by atoms with van der Waals surface area (Å²) in [7, 11) is 0. The van der Waals surface area contributed by atoms with Crippen molar-refractivity contribution in [1.82, 2.24) is 20.4 Å². The van der Waals surface area contributed by atoms with E-state index >= 15 is 0 Å². The van der Waals surface area contributed by atoms with Gasteiger partial charge in [0.05, 0.1) is 23.5 Å².